The summed E-state index contributed by atoms with van der Waals surface area (Å²) in [4.78, 5) is 17.2. The summed E-state index contributed by atoms with van der Waals surface area (Å²) in [5.74, 6) is 0.408. The van der Waals surface area contributed by atoms with E-state index in [9.17, 15) is 4.79 Å². The average molecular weight is 391 g/mol. The number of nitrogens with zero attached hydrogens (tertiary/aromatic N) is 3. The average Bonchev–Trinajstić information content (AvgIpc) is 3.26. The molecule has 4 rings (SSSR count). The van der Waals surface area contributed by atoms with E-state index in [4.69, 9.17) is 9.26 Å². The lowest BCUT2D eigenvalue weighted by atomic mass is 10.1. The van der Waals surface area contributed by atoms with Crippen LogP contribution < -0.4 is 9.80 Å². The van der Waals surface area contributed by atoms with E-state index in [1.54, 1.807) is 11.0 Å². The summed E-state index contributed by atoms with van der Waals surface area (Å²) in [5.41, 5.74) is 3.17. The van der Waals surface area contributed by atoms with Crippen molar-refractivity contribution in [3.63, 3.8) is 0 Å². The molecule has 1 fully saturated rings. The van der Waals surface area contributed by atoms with E-state index in [1.807, 2.05) is 56.3 Å². The van der Waals surface area contributed by atoms with Gasteiger partial charge in [0, 0.05) is 42.1 Å². The topological polar surface area (TPSA) is 58.8 Å². The van der Waals surface area contributed by atoms with Gasteiger partial charge in [0.05, 0.1) is 13.2 Å². The van der Waals surface area contributed by atoms with Crippen molar-refractivity contribution in [1.82, 2.24) is 5.16 Å². The Morgan fingerprint density at radius 3 is 2.38 bits per heavy atom. The van der Waals surface area contributed by atoms with E-state index < -0.39 is 0 Å². The molecule has 150 valence electrons. The standard InChI is InChI=1S/C23H25N3O3/c1-17(2)26(20-10-8-19(9-11-20)25-12-14-28-15-13-25)23(27)21-16-22(29-24-21)18-6-4-3-5-7-18/h3-11,16-17H,12-15H2,1-2H3. The van der Waals surface area contributed by atoms with Crippen molar-refractivity contribution in [3.8, 4) is 11.3 Å². The van der Waals surface area contributed by atoms with Crippen molar-refractivity contribution in [2.45, 2.75) is 19.9 Å². The molecule has 2 heterocycles. The van der Waals surface area contributed by atoms with Gasteiger partial charge in [0.25, 0.3) is 5.91 Å². The number of rotatable bonds is 5. The molecule has 6 nitrogen and oxygen atoms in total. The number of morpholine rings is 1. The molecule has 29 heavy (non-hydrogen) atoms. The number of aromatic nitrogens is 1. The first-order valence-electron chi connectivity index (χ1n) is 9.92. The van der Waals surface area contributed by atoms with Crippen LogP contribution in [0.3, 0.4) is 0 Å². The van der Waals surface area contributed by atoms with Gasteiger partial charge >= 0.3 is 0 Å². The Morgan fingerprint density at radius 2 is 1.72 bits per heavy atom. The van der Waals surface area contributed by atoms with Gasteiger partial charge in [-0.25, -0.2) is 0 Å². The molecular formula is C23H25N3O3. The van der Waals surface area contributed by atoms with Gasteiger partial charge in [-0.05, 0) is 38.1 Å². The lowest BCUT2D eigenvalue weighted by molar-refractivity contribution is 0.0971. The molecule has 0 unspecified atom stereocenters. The molecule has 0 spiro atoms. The zero-order chi connectivity index (χ0) is 20.2. The van der Waals surface area contributed by atoms with Gasteiger partial charge in [0.2, 0.25) is 0 Å². The van der Waals surface area contributed by atoms with E-state index in [0.29, 0.717) is 11.5 Å². The highest BCUT2D eigenvalue weighted by atomic mass is 16.5. The van der Waals surface area contributed by atoms with Gasteiger partial charge in [-0.2, -0.15) is 0 Å². The summed E-state index contributed by atoms with van der Waals surface area (Å²) < 4.78 is 10.8. The minimum atomic E-state index is -0.176. The summed E-state index contributed by atoms with van der Waals surface area (Å²) >= 11 is 0. The molecule has 0 N–H and O–H groups in total. The number of ether oxygens (including phenoxy) is 1. The quantitative estimate of drug-likeness (QED) is 0.651. The predicted octanol–water partition coefficient (Wildman–Crippen LogP) is 4.23. The highest BCUT2D eigenvalue weighted by Crippen LogP contribution is 2.26. The summed E-state index contributed by atoms with van der Waals surface area (Å²) in [6.07, 6.45) is 0. The van der Waals surface area contributed by atoms with E-state index in [1.165, 1.54) is 0 Å². The first-order chi connectivity index (χ1) is 14.1. The minimum absolute atomic E-state index is 0.0198. The smallest absolute Gasteiger partial charge is 0.280 e. The van der Waals surface area contributed by atoms with Gasteiger partial charge in [-0.15, -0.1) is 0 Å². The summed E-state index contributed by atoms with van der Waals surface area (Å²) in [5, 5.41) is 4.02. The third-order valence-corrected chi connectivity index (χ3v) is 5.03. The van der Waals surface area contributed by atoms with Crippen molar-refractivity contribution < 1.29 is 14.1 Å². The Morgan fingerprint density at radius 1 is 1.03 bits per heavy atom. The monoisotopic (exact) mass is 391 g/mol. The molecule has 1 aromatic heterocycles. The van der Waals surface area contributed by atoms with E-state index in [-0.39, 0.29) is 11.9 Å². The summed E-state index contributed by atoms with van der Waals surface area (Å²) in [7, 11) is 0. The fourth-order valence-corrected chi connectivity index (χ4v) is 3.53. The maximum Gasteiger partial charge on any atom is 0.280 e. The number of benzene rings is 2. The van der Waals surface area contributed by atoms with Crippen LogP contribution in [0.15, 0.2) is 65.2 Å². The molecule has 1 aliphatic rings. The minimum Gasteiger partial charge on any atom is -0.378 e. The van der Waals surface area contributed by atoms with Crippen molar-refractivity contribution in [2.75, 3.05) is 36.1 Å². The zero-order valence-corrected chi connectivity index (χ0v) is 16.7. The largest absolute Gasteiger partial charge is 0.378 e. The van der Waals surface area contributed by atoms with Crippen LogP contribution in [-0.4, -0.2) is 43.4 Å². The van der Waals surface area contributed by atoms with Crippen LogP contribution in [0.4, 0.5) is 11.4 Å². The summed E-state index contributed by atoms with van der Waals surface area (Å²) in [6, 6.07) is 19.4. The molecule has 0 atom stereocenters. The molecule has 0 radical (unpaired) electrons. The first kappa shape index (κ1) is 19.2. The zero-order valence-electron chi connectivity index (χ0n) is 16.7. The van der Waals surface area contributed by atoms with Gasteiger partial charge in [0.15, 0.2) is 11.5 Å². The molecule has 6 heteroatoms. The van der Waals surface area contributed by atoms with Crippen molar-refractivity contribution >= 4 is 17.3 Å². The Balaban J connectivity index is 1.56. The molecular weight excluding hydrogens is 366 g/mol. The second-order valence-electron chi connectivity index (χ2n) is 7.33. The highest BCUT2D eigenvalue weighted by Gasteiger charge is 2.24. The molecule has 1 aliphatic heterocycles. The first-order valence-corrected chi connectivity index (χ1v) is 9.92. The lowest BCUT2D eigenvalue weighted by Crippen LogP contribution is -2.38. The van der Waals surface area contributed by atoms with Crippen LogP contribution in [0, 0.1) is 0 Å². The molecule has 0 bridgehead atoms. The molecule has 0 aliphatic carbocycles. The second kappa shape index (κ2) is 8.49. The van der Waals surface area contributed by atoms with Crippen LogP contribution >= 0.6 is 0 Å². The maximum atomic E-state index is 13.2. The number of carbonyl (C=O) groups is 1. The van der Waals surface area contributed by atoms with Gasteiger partial charge in [-0.1, -0.05) is 35.5 Å². The van der Waals surface area contributed by atoms with Gasteiger partial charge in [0.1, 0.15) is 0 Å². The Kier molecular flexibility index (Phi) is 5.62. The number of hydrogen-bond acceptors (Lipinski definition) is 5. The lowest BCUT2D eigenvalue weighted by Gasteiger charge is -2.30. The van der Waals surface area contributed by atoms with Crippen LogP contribution in [0.5, 0.6) is 0 Å². The van der Waals surface area contributed by atoms with Crippen LogP contribution in [0.2, 0.25) is 0 Å². The fraction of sp³-hybridized carbons (Fsp3) is 0.304. The van der Waals surface area contributed by atoms with E-state index in [2.05, 4.69) is 22.2 Å². The molecule has 1 amide bonds. The van der Waals surface area contributed by atoms with Crippen LogP contribution in [-0.2, 0) is 4.74 Å². The molecule has 1 saturated heterocycles. The number of amides is 1. The van der Waals surface area contributed by atoms with Gasteiger partial charge in [-0.3, -0.25) is 4.79 Å². The molecule has 2 aromatic carbocycles. The summed E-state index contributed by atoms with van der Waals surface area (Å²) in [6.45, 7) is 7.24. The number of hydrogen-bond donors (Lipinski definition) is 0. The third kappa shape index (κ3) is 4.17. The maximum absolute atomic E-state index is 13.2. The van der Waals surface area contributed by atoms with Gasteiger partial charge < -0.3 is 19.1 Å². The van der Waals surface area contributed by atoms with E-state index >= 15 is 0 Å². The number of carbonyl (C=O) groups excluding carboxylic acids is 1. The van der Waals surface area contributed by atoms with Crippen LogP contribution in [0.25, 0.3) is 11.3 Å². The number of anilines is 2. The van der Waals surface area contributed by atoms with Crippen molar-refractivity contribution in [1.29, 1.82) is 0 Å². The SMILES string of the molecule is CC(C)N(C(=O)c1cc(-c2ccccc2)on1)c1ccc(N2CCOCC2)cc1. The molecule has 3 aromatic rings. The van der Waals surface area contributed by atoms with E-state index in [0.717, 1.165) is 43.2 Å². The predicted molar refractivity (Wildman–Crippen MR) is 113 cm³/mol. The second-order valence-corrected chi connectivity index (χ2v) is 7.33. The van der Waals surface area contributed by atoms with Crippen molar-refractivity contribution in [2.24, 2.45) is 0 Å². The normalized spacial score (nSPS) is 14.2. The Hall–Kier alpha value is -3.12. The fourth-order valence-electron chi connectivity index (χ4n) is 3.53. The third-order valence-electron chi connectivity index (χ3n) is 5.03. The van der Waals surface area contributed by atoms with Crippen molar-refractivity contribution in [3.05, 3.63) is 66.4 Å². The Labute approximate surface area is 170 Å². The molecule has 0 saturated carbocycles. The Bertz CT molecular complexity index is 945. The highest BCUT2D eigenvalue weighted by molar-refractivity contribution is 6.05. The van der Waals surface area contributed by atoms with Crippen LogP contribution in [0.1, 0.15) is 24.3 Å².